The Bertz CT molecular complexity index is 1100. The zero-order valence-corrected chi connectivity index (χ0v) is 15.9. The minimum atomic E-state index is 0.104. The number of nitriles is 1. The Morgan fingerprint density at radius 2 is 1.93 bits per heavy atom. The predicted molar refractivity (Wildman–Crippen MR) is 110 cm³/mol. The lowest BCUT2D eigenvalue weighted by atomic mass is 9.99. The first kappa shape index (κ1) is 18.0. The lowest BCUT2D eigenvalue weighted by Crippen LogP contribution is -3.12. The maximum absolute atomic E-state index is 10.7. The molecule has 0 radical (unpaired) electrons. The smallest absolute Gasteiger partial charge is 0.169 e. The van der Waals surface area contributed by atoms with Gasteiger partial charge < -0.3 is 14.6 Å². The van der Waals surface area contributed by atoms with Crippen molar-refractivity contribution < 1.29 is 10.0 Å². The molecule has 1 aromatic heterocycles. The third kappa shape index (κ3) is 3.42. The number of nitrogens with one attached hydrogen (secondary N) is 1. The number of allylic oxidation sites excluding steroid dienone is 1. The highest BCUT2D eigenvalue weighted by molar-refractivity contribution is 5.83. The molecule has 2 N–H and O–H groups in total. The molecule has 0 aliphatic carbocycles. The fourth-order valence-corrected chi connectivity index (χ4v) is 3.80. The second-order valence-electron chi connectivity index (χ2n) is 7.14. The van der Waals surface area contributed by atoms with Crippen LogP contribution in [0.5, 0.6) is 0 Å². The molecule has 1 unspecified atom stereocenters. The SMILES string of the molecule is Cn1c(/C(C#N)=C(\O)C[NH+]2CC=C(c3ccccc3)CC2)nc2ccccc21. The van der Waals surface area contributed by atoms with E-state index in [2.05, 4.69) is 41.4 Å². The number of nitrogens with zero attached hydrogens (tertiary/aromatic N) is 3. The summed E-state index contributed by atoms with van der Waals surface area (Å²) < 4.78 is 1.86. The van der Waals surface area contributed by atoms with E-state index < -0.39 is 0 Å². The summed E-state index contributed by atoms with van der Waals surface area (Å²) in [6.07, 6.45) is 3.20. The van der Waals surface area contributed by atoms with Gasteiger partial charge in [0, 0.05) is 13.5 Å². The van der Waals surface area contributed by atoms with Crippen molar-refractivity contribution in [3.05, 3.63) is 77.8 Å². The van der Waals surface area contributed by atoms with E-state index in [0.717, 1.165) is 30.5 Å². The molecule has 3 aromatic rings. The van der Waals surface area contributed by atoms with E-state index in [9.17, 15) is 10.4 Å². The summed E-state index contributed by atoms with van der Waals surface area (Å²) in [5.41, 5.74) is 4.63. The van der Waals surface area contributed by atoms with Gasteiger partial charge in [0.05, 0.1) is 24.1 Å². The van der Waals surface area contributed by atoms with Crippen LogP contribution >= 0.6 is 0 Å². The van der Waals surface area contributed by atoms with Gasteiger partial charge in [-0.3, -0.25) is 0 Å². The number of benzene rings is 2. The molecule has 0 fully saturated rings. The van der Waals surface area contributed by atoms with Crippen molar-refractivity contribution in [1.29, 1.82) is 5.26 Å². The number of para-hydroxylation sites is 2. The first-order valence-electron chi connectivity index (χ1n) is 9.49. The molecular weight excluding hydrogens is 348 g/mol. The van der Waals surface area contributed by atoms with E-state index in [4.69, 9.17) is 0 Å². The quantitative estimate of drug-likeness (QED) is 0.547. The van der Waals surface area contributed by atoms with E-state index >= 15 is 0 Å². The number of aliphatic hydroxyl groups excluding tert-OH is 1. The van der Waals surface area contributed by atoms with Crippen LogP contribution in [0.3, 0.4) is 0 Å². The van der Waals surface area contributed by atoms with Gasteiger partial charge in [0.1, 0.15) is 18.2 Å². The Kier molecular flexibility index (Phi) is 4.96. The summed E-state index contributed by atoms with van der Waals surface area (Å²) >= 11 is 0. The van der Waals surface area contributed by atoms with E-state index in [-0.39, 0.29) is 11.3 Å². The number of hydrogen-bond acceptors (Lipinski definition) is 3. The number of imidazole rings is 1. The van der Waals surface area contributed by atoms with Crippen molar-refractivity contribution in [1.82, 2.24) is 9.55 Å². The molecule has 0 saturated heterocycles. The Balaban J connectivity index is 1.55. The Morgan fingerprint density at radius 3 is 2.61 bits per heavy atom. The van der Waals surface area contributed by atoms with Crippen molar-refractivity contribution in [3.8, 4) is 6.07 Å². The molecule has 1 aliphatic heterocycles. The standard InChI is InChI=1S/C23H22N4O/c1-26-21-10-6-5-9-20(21)25-23(26)19(15-24)22(28)16-27-13-11-18(12-14-27)17-7-3-2-4-8-17/h2-11,28H,12-14,16H2,1H3/p+1/b22-19-. The van der Waals surface area contributed by atoms with E-state index in [1.807, 2.05) is 41.9 Å². The maximum Gasteiger partial charge on any atom is 0.169 e. The van der Waals surface area contributed by atoms with Gasteiger partial charge in [0.2, 0.25) is 0 Å². The first-order valence-corrected chi connectivity index (χ1v) is 9.49. The van der Waals surface area contributed by atoms with Crippen molar-refractivity contribution in [2.75, 3.05) is 19.6 Å². The van der Waals surface area contributed by atoms with Crippen molar-refractivity contribution in [3.63, 3.8) is 0 Å². The third-order valence-electron chi connectivity index (χ3n) is 5.36. The molecule has 1 aliphatic rings. The molecule has 5 nitrogen and oxygen atoms in total. The summed E-state index contributed by atoms with van der Waals surface area (Å²) in [5, 5.41) is 20.4. The number of aliphatic hydroxyl groups is 1. The highest BCUT2D eigenvalue weighted by atomic mass is 16.3. The topological polar surface area (TPSA) is 66.3 Å². The van der Waals surface area contributed by atoms with Crippen LogP contribution in [0, 0.1) is 11.3 Å². The normalized spacial score (nSPS) is 17.7. The lowest BCUT2D eigenvalue weighted by Gasteiger charge is -2.23. The van der Waals surface area contributed by atoms with Crippen LogP contribution < -0.4 is 4.90 Å². The van der Waals surface area contributed by atoms with Gasteiger partial charge in [0.15, 0.2) is 11.6 Å². The summed E-state index contributed by atoms with van der Waals surface area (Å²) in [5.74, 6) is 0.616. The largest absolute Gasteiger partial charge is 0.506 e. The van der Waals surface area contributed by atoms with Crippen molar-refractivity contribution >= 4 is 22.2 Å². The molecule has 1 atom stereocenters. The number of quaternary nitrogens is 1. The third-order valence-corrected chi connectivity index (χ3v) is 5.36. The van der Waals surface area contributed by atoms with Crippen molar-refractivity contribution in [2.45, 2.75) is 6.42 Å². The number of rotatable bonds is 4. The molecule has 4 rings (SSSR count). The minimum absolute atomic E-state index is 0.104. The predicted octanol–water partition coefficient (Wildman–Crippen LogP) is 2.74. The van der Waals surface area contributed by atoms with Crippen LogP contribution in [0.4, 0.5) is 0 Å². The second kappa shape index (κ2) is 7.71. The van der Waals surface area contributed by atoms with Crippen LogP contribution in [0.1, 0.15) is 17.8 Å². The van der Waals surface area contributed by atoms with Crippen LogP contribution in [-0.2, 0) is 7.05 Å². The van der Waals surface area contributed by atoms with Gasteiger partial charge in [-0.25, -0.2) is 4.98 Å². The highest BCUT2D eigenvalue weighted by Gasteiger charge is 2.22. The summed E-state index contributed by atoms with van der Waals surface area (Å²) in [6, 6.07) is 20.3. The fourth-order valence-electron chi connectivity index (χ4n) is 3.80. The average molecular weight is 371 g/mol. The summed E-state index contributed by atoms with van der Waals surface area (Å²) in [4.78, 5) is 5.79. The van der Waals surface area contributed by atoms with E-state index in [0.29, 0.717) is 12.4 Å². The monoisotopic (exact) mass is 371 g/mol. The summed E-state index contributed by atoms with van der Waals surface area (Å²) in [7, 11) is 1.87. The number of fused-ring (bicyclic) bond motifs is 1. The average Bonchev–Trinajstić information content (AvgIpc) is 3.06. The number of aromatic nitrogens is 2. The summed E-state index contributed by atoms with van der Waals surface area (Å²) in [6.45, 7) is 2.17. The first-order chi connectivity index (χ1) is 13.7. The van der Waals surface area contributed by atoms with Gasteiger partial charge in [-0.1, -0.05) is 42.5 Å². The van der Waals surface area contributed by atoms with Crippen LogP contribution in [0.2, 0.25) is 0 Å². The van der Waals surface area contributed by atoms with Gasteiger partial charge in [-0.15, -0.1) is 0 Å². The van der Waals surface area contributed by atoms with Crippen molar-refractivity contribution in [2.24, 2.45) is 7.05 Å². The molecule has 28 heavy (non-hydrogen) atoms. The Morgan fingerprint density at radius 1 is 1.18 bits per heavy atom. The molecule has 2 heterocycles. The van der Waals surface area contributed by atoms with Crippen LogP contribution in [-0.4, -0.2) is 34.3 Å². The van der Waals surface area contributed by atoms with Gasteiger partial charge >= 0.3 is 0 Å². The Hall–Kier alpha value is -3.36. The van der Waals surface area contributed by atoms with E-state index in [1.165, 1.54) is 16.0 Å². The zero-order chi connectivity index (χ0) is 19.5. The molecule has 0 saturated carbocycles. The van der Waals surface area contributed by atoms with Crippen LogP contribution in [0.15, 0.2) is 66.4 Å². The van der Waals surface area contributed by atoms with Gasteiger partial charge in [0.25, 0.3) is 0 Å². The molecule has 5 heteroatoms. The molecule has 0 spiro atoms. The van der Waals surface area contributed by atoms with Gasteiger partial charge in [-0.05, 0) is 29.3 Å². The maximum atomic E-state index is 10.7. The molecule has 0 amide bonds. The molecular formula is C23H23N4O+. The number of hydrogen-bond donors (Lipinski definition) is 2. The highest BCUT2D eigenvalue weighted by Crippen LogP contribution is 2.22. The number of aryl methyl sites for hydroxylation is 1. The molecule has 0 bridgehead atoms. The molecule has 140 valence electrons. The zero-order valence-electron chi connectivity index (χ0n) is 15.9. The van der Waals surface area contributed by atoms with Gasteiger partial charge in [-0.2, -0.15) is 5.26 Å². The molecule has 2 aromatic carbocycles. The Labute approximate surface area is 164 Å². The van der Waals surface area contributed by atoms with Crippen LogP contribution in [0.25, 0.3) is 22.2 Å². The second-order valence-corrected chi connectivity index (χ2v) is 7.14. The van der Waals surface area contributed by atoms with E-state index in [1.54, 1.807) is 0 Å². The lowest BCUT2D eigenvalue weighted by molar-refractivity contribution is -0.891. The minimum Gasteiger partial charge on any atom is -0.506 e. The fraction of sp³-hybridized carbons (Fsp3) is 0.217.